The van der Waals surface area contributed by atoms with Crippen molar-refractivity contribution in [3.8, 4) is 0 Å². The molecule has 0 aliphatic carbocycles. The maximum atomic E-state index is 12.5. The summed E-state index contributed by atoms with van der Waals surface area (Å²) in [5.74, 6) is 0. The highest BCUT2D eigenvalue weighted by Gasteiger charge is 2.28. The van der Waals surface area contributed by atoms with E-state index in [-0.39, 0.29) is 6.61 Å². The number of hydrogen-bond donors (Lipinski definition) is 0. The Morgan fingerprint density at radius 1 is 1.23 bits per heavy atom. The molecule has 80 valence electrons. The second kappa shape index (κ2) is 6.12. The predicted molar refractivity (Wildman–Crippen MR) is 37.0 cm³/mol. The van der Waals surface area contributed by atoms with Crippen LogP contribution >= 0.6 is 0 Å². The number of rotatable bonds is 6. The molecule has 0 saturated carbocycles. The normalized spacial score (nSPS) is 14.5. The third-order valence-corrected chi connectivity index (χ3v) is 1.26. The van der Waals surface area contributed by atoms with Crippen LogP contribution in [-0.4, -0.2) is 32.2 Å². The van der Waals surface area contributed by atoms with Crippen LogP contribution in [0.4, 0.5) is 22.0 Å². The Kier molecular flexibility index (Phi) is 5.94. The Morgan fingerprint density at radius 2 is 1.85 bits per heavy atom. The van der Waals surface area contributed by atoms with Gasteiger partial charge in [0.2, 0.25) is 0 Å². The van der Waals surface area contributed by atoms with Gasteiger partial charge in [-0.3, -0.25) is 0 Å². The van der Waals surface area contributed by atoms with E-state index in [0.717, 1.165) is 0 Å². The molecular formula is C7H11F5O. The average molecular weight is 206 g/mol. The maximum Gasteiger partial charge on any atom is 0.389 e. The van der Waals surface area contributed by atoms with Gasteiger partial charge in [0.1, 0.15) is 12.8 Å². The third kappa shape index (κ3) is 9.52. The molecule has 1 atom stereocenters. The molecule has 0 spiro atoms. The van der Waals surface area contributed by atoms with Gasteiger partial charge in [0.05, 0.1) is 13.2 Å². The first-order valence-electron chi connectivity index (χ1n) is 3.80. The first-order valence-corrected chi connectivity index (χ1v) is 3.80. The Balaban J connectivity index is 3.35. The van der Waals surface area contributed by atoms with Crippen LogP contribution in [0.5, 0.6) is 0 Å². The smallest absolute Gasteiger partial charge is 0.376 e. The summed E-state index contributed by atoms with van der Waals surface area (Å²) in [6.45, 7) is -1.50. The van der Waals surface area contributed by atoms with Crippen LogP contribution in [-0.2, 0) is 4.74 Å². The maximum absolute atomic E-state index is 12.5. The Hall–Kier alpha value is -0.390. The average Bonchev–Trinajstić information content (AvgIpc) is 2.00. The Labute approximate surface area is 72.9 Å². The van der Waals surface area contributed by atoms with Crippen LogP contribution in [0.2, 0.25) is 0 Å². The zero-order chi connectivity index (χ0) is 10.3. The van der Waals surface area contributed by atoms with Crippen molar-refractivity contribution >= 4 is 0 Å². The van der Waals surface area contributed by atoms with Gasteiger partial charge in [0.15, 0.2) is 0 Å². The lowest BCUT2D eigenvalue weighted by Gasteiger charge is -2.09. The summed E-state index contributed by atoms with van der Waals surface area (Å²) in [5, 5.41) is 0. The molecule has 1 nitrogen and oxygen atoms in total. The summed E-state index contributed by atoms with van der Waals surface area (Å²) in [6.07, 6.45) is -7.82. The molecule has 0 aliphatic heterocycles. The number of halogens is 5. The third-order valence-electron chi connectivity index (χ3n) is 1.26. The molecule has 0 aliphatic rings. The molecule has 0 radical (unpaired) electrons. The lowest BCUT2D eigenvalue weighted by molar-refractivity contribution is -0.139. The Morgan fingerprint density at radius 3 is 2.31 bits per heavy atom. The van der Waals surface area contributed by atoms with Crippen molar-refractivity contribution in [3.63, 3.8) is 0 Å². The van der Waals surface area contributed by atoms with E-state index in [1.165, 1.54) is 0 Å². The number of ether oxygens (including phenoxy) is 1. The van der Waals surface area contributed by atoms with Crippen LogP contribution in [0.15, 0.2) is 0 Å². The molecule has 0 saturated heterocycles. The molecule has 0 bridgehead atoms. The summed E-state index contributed by atoms with van der Waals surface area (Å²) in [6, 6.07) is 0. The summed E-state index contributed by atoms with van der Waals surface area (Å²) < 4.78 is 62.9. The van der Waals surface area contributed by atoms with Gasteiger partial charge in [-0.15, -0.1) is 0 Å². The van der Waals surface area contributed by atoms with E-state index >= 15 is 0 Å². The predicted octanol–water partition coefficient (Wildman–Crippen LogP) is 2.65. The van der Waals surface area contributed by atoms with Crippen LogP contribution in [0.3, 0.4) is 0 Å². The van der Waals surface area contributed by atoms with E-state index in [1.54, 1.807) is 0 Å². The molecule has 0 fully saturated rings. The van der Waals surface area contributed by atoms with Crippen molar-refractivity contribution < 1.29 is 26.7 Å². The minimum Gasteiger partial charge on any atom is -0.376 e. The minimum absolute atomic E-state index is 0.271. The summed E-state index contributed by atoms with van der Waals surface area (Å²) in [7, 11) is 0. The van der Waals surface area contributed by atoms with Gasteiger partial charge in [0, 0.05) is 6.42 Å². The molecule has 0 amide bonds. The molecule has 1 unspecified atom stereocenters. The lowest BCUT2D eigenvalue weighted by Crippen LogP contribution is -2.16. The number of hydrogen-bond acceptors (Lipinski definition) is 1. The fourth-order valence-electron chi connectivity index (χ4n) is 0.669. The lowest BCUT2D eigenvalue weighted by atomic mass is 10.2. The monoisotopic (exact) mass is 206 g/mol. The number of alkyl halides is 5. The molecule has 0 aromatic rings. The fourth-order valence-corrected chi connectivity index (χ4v) is 0.669. The van der Waals surface area contributed by atoms with E-state index in [4.69, 9.17) is 0 Å². The molecule has 0 heterocycles. The Bertz CT molecular complexity index is 125. The second-order valence-corrected chi connectivity index (χ2v) is 2.52. The van der Waals surface area contributed by atoms with Crippen molar-refractivity contribution in [3.05, 3.63) is 0 Å². The van der Waals surface area contributed by atoms with E-state index in [0.29, 0.717) is 0 Å². The molecular weight excluding hydrogens is 195 g/mol. The van der Waals surface area contributed by atoms with Crippen molar-refractivity contribution in [2.45, 2.75) is 25.2 Å². The molecule has 13 heavy (non-hydrogen) atoms. The van der Waals surface area contributed by atoms with E-state index in [1.807, 2.05) is 0 Å². The zero-order valence-electron chi connectivity index (χ0n) is 6.91. The van der Waals surface area contributed by atoms with Crippen molar-refractivity contribution in [1.29, 1.82) is 0 Å². The zero-order valence-corrected chi connectivity index (χ0v) is 6.91. The molecule has 0 rings (SSSR count). The van der Waals surface area contributed by atoms with E-state index in [2.05, 4.69) is 4.74 Å². The van der Waals surface area contributed by atoms with E-state index < -0.39 is 38.5 Å². The highest BCUT2D eigenvalue weighted by Crippen LogP contribution is 2.23. The minimum atomic E-state index is -4.34. The van der Waals surface area contributed by atoms with Gasteiger partial charge < -0.3 is 4.74 Å². The van der Waals surface area contributed by atoms with Gasteiger partial charge >= 0.3 is 6.18 Å². The van der Waals surface area contributed by atoms with Crippen LogP contribution < -0.4 is 0 Å². The van der Waals surface area contributed by atoms with Gasteiger partial charge in [-0.1, -0.05) is 0 Å². The van der Waals surface area contributed by atoms with E-state index in [9.17, 15) is 22.0 Å². The van der Waals surface area contributed by atoms with Crippen LogP contribution in [0.1, 0.15) is 12.8 Å². The fraction of sp³-hybridized carbons (Fsp3) is 1.00. The molecule has 0 aromatic carbocycles. The van der Waals surface area contributed by atoms with Gasteiger partial charge in [0.25, 0.3) is 0 Å². The SMILES string of the molecule is FCCOCC(F)CCC(F)(F)F. The largest absolute Gasteiger partial charge is 0.389 e. The van der Waals surface area contributed by atoms with Crippen LogP contribution in [0.25, 0.3) is 0 Å². The molecule has 0 aromatic heterocycles. The van der Waals surface area contributed by atoms with Gasteiger partial charge in [-0.05, 0) is 6.42 Å². The van der Waals surface area contributed by atoms with Crippen molar-refractivity contribution in [2.24, 2.45) is 0 Å². The van der Waals surface area contributed by atoms with Crippen LogP contribution in [0, 0.1) is 0 Å². The van der Waals surface area contributed by atoms with Gasteiger partial charge in [-0.2, -0.15) is 13.2 Å². The molecule has 0 N–H and O–H groups in total. The topological polar surface area (TPSA) is 9.23 Å². The van der Waals surface area contributed by atoms with Gasteiger partial charge in [-0.25, -0.2) is 8.78 Å². The summed E-state index contributed by atoms with van der Waals surface area (Å²) in [4.78, 5) is 0. The molecule has 6 heteroatoms. The summed E-state index contributed by atoms with van der Waals surface area (Å²) in [5.41, 5.74) is 0. The standard InChI is InChI=1S/C7H11F5O/c8-3-4-13-5-6(9)1-2-7(10,11)12/h6H,1-5H2. The second-order valence-electron chi connectivity index (χ2n) is 2.52. The van der Waals surface area contributed by atoms with Crippen molar-refractivity contribution in [1.82, 2.24) is 0 Å². The quantitative estimate of drug-likeness (QED) is 0.479. The highest BCUT2D eigenvalue weighted by molar-refractivity contribution is 4.59. The first kappa shape index (κ1) is 12.6. The van der Waals surface area contributed by atoms with Crippen molar-refractivity contribution in [2.75, 3.05) is 19.9 Å². The summed E-state index contributed by atoms with van der Waals surface area (Å²) >= 11 is 0. The highest BCUT2D eigenvalue weighted by atomic mass is 19.4. The first-order chi connectivity index (χ1) is 5.95.